The summed E-state index contributed by atoms with van der Waals surface area (Å²) in [4.78, 5) is 32.8. The van der Waals surface area contributed by atoms with E-state index in [4.69, 9.17) is 4.74 Å². The van der Waals surface area contributed by atoms with Gasteiger partial charge in [-0.3, -0.25) is 9.69 Å². The van der Waals surface area contributed by atoms with E-state index in [0.717, 1.165) is 19.6 Å². The number of nitrogens with zero attached hydrogens (tertiary/aromatic N) is 3. The van der Waals surface area contributed by atoms with Gasteiger partial charge >= 0.3 is 5.97 Å². The topological polar surface area (TPSA) is 62.7 Å². The van der Waals surface area contributed by atoms with Crippen LogP contribution < -0.4 is 0 Å². The summed E-state index contributed by atoms with van der Waals surface area (Å²) in [5.41, 5.74) is 4.78. The van der Waals surface area contributed by atoms with Crippen LogP contribution in [0.5, 0.6) is 0 Å². The number of benzene rings is 1. The van der Waals surface area contributed by atoms with Crippen LogP contribution in [-0.2, 0) is 16.1 Å². The van der Waals surface area contributed by atoms with E-state index in [1.165, 1.54) is 22.5 Å². The van der Waals surface area contributed by atoms with E-state index in [-0.39, 0.29) is 12.5 Å². The lowest BCUT2D eigenvalue weighted by atomic mass is 10.1. The Bertz CT molecular complexity index is 782. The zero-order valence-corrected chi connectivity index (χ0v) is 15.9. The van der Waals surface area contributed by atoms with E-state index in [1.807, 2.05) is 0 Å². The number of esters is 1. The minimum absolute atomic E-state index is 0.143. The molecule has 1 aromatic heterocycles. The number of thiazole rings is 1. The summed E-state index contributed by atoms with van der Waals surface area (Å²) in [7, 11) is 0. The van der Waals surface area contributed by atoms with Crippen LogP contribution in [0.1, 0.15) is 26.5 Å². The van der Waals surface area contributed by atoms with Crippen LogP contribution in [0.3, 0.4) is 0 Å². The Labute approximate surface area is 157 Å². The number of piperazine rings is 1. The second kappa shape index (κ2) is 8.42. The predicted molar refractivity (Wildman–Crippen MR) is 100 cm³/mol. The normalized spacial score (nSPS) is 15.1. The van der Waals surface area contributed by atoms with Crippen molar-refractivity contribution in [1.29, 1.82) is 0 Å². The first-order valence-electron chi connectivity index (χ1n) is 8.66. The molecule has 0 N–H and O–H groups in total. The largest absolute Gasteiger partial charge is 0.451 e. The van der Waals surface area contributed by atoms with E-state index < -0.39 is 5.97 Å². The molecule has 26 heavy (non-hydrogen) atoms. The highest BCUT2D eigenvalue weighted by atomic mass is 32.1. The average molecular weight is 373 g/mol. The molecule has 2 heterocycles. The molecule has 0 atom stereocenters. The smallest absolute Gasteiger partial charge is 0.350 e. The maximum absolute atomic E-state index is 12.3. The molecule has 1 fully saturated rings. The third-order valence-electron chi connectivity index (χ3n) is 4.47. The second-order valence-electron chi connectivity index (χ2n) is 6.49. The van der Waals surface area contributed by atoms with Crippen molar-refractivity contribution in [3.63, 3.8) is 0 Å². The quantitative estimate of drug-likeness (QED) is 0.753. The molecular weight excluding hydrogens is 350 g/mol. The first-order valence-corrected chi connectivity index (χ1v) is 9.54. The molecule has 6 nitrogen and oxygen atoms in total. The van der Waals surface area contributed by atoms with Gasteiger partial charge in [0.25, 0.3) is 5.91 Å². The van der Waals surface area contributed by atoms with Crippen molar-refractivity contribution in [2.45, 2.75) is 20.4 Å². The van der Waals surface area contributed by atoms with Crippen molar-refractivity contribution >= 4 is 23.2 Å². The SMILES string of the molecule is Cc1cccc(CN2CCN(C(=O)COC(=O)c3scnc3C)CC2)c1. The maximum Gasteiger partial charge on any atom is 0.350 e. The second-order valence-corrected chi connectivity index (χ2v) is 7.34. The van der Waals surface area contributed by atoms with Gasteiger partial charge in [-0.25, -0.2) is 9.78 Å². The Kier molecular flexibility index (Phi) is 6.00. The molecule has 0 spiro atoms. The highest BCUT2D eigenvalue weighted by molar-refractivity contribution is 7.11. The van der Waals surface area contributed by atoms with Crippen LogP contribution in [0.4, 0.5) is 0 Å². The number of carbonyl (C=O) groups is 2. The lowest BCUT2D eigenvalue weighted by Crippen LogP contribution is -2.49. The summed E-state index contributed by atoms with van der Waals surface area (Å²) in [5.74, 6) is -0.618. The number of hydrogen-bond donors (Lipinski definition) is 0. The van der Waals surface area contributed by atoms with Crippen LogP contribution in [0.25, 0.3) is 0 Å². The summed E-state index contributed by atoms with van der Waals surface area (Å²) in [6.45, 7) is 7.47. The zero-order chi connectivity index (χ0) is 18.5. The van der Waals surface area contributed by atoms with Gasteiger partial charge in [0, 0.05) is 32.7 Å². The predicted octanol–water partition coefficient (Wildman–Crippen LogP) is 2.26. The van der Waals surface area contributed by atoms with E-state index in [2.05, 4.69) is 41.1 Å². The highest BCUT2D eigenvalue weighted by Gasteiger charge is 2.23. The molecule has 2 aromatic rings. The molecule has 0 aliphatic carbocycles. The average Bonchev–Trinajstić information content (AvgIpc) is 3.06. The number of hydrogen-bond acceptors (Lipinski definition) is 6. The minimum Gasteiger partial charge on any atom is -0.451 e. The minimum atomic E-state index is -0.476. The third-order valence-corrected chi connectivity index (χ3v) is 5.38. The summed E-state index contributed by atoms with van der Waals surface area (Å²) in [5, 5.41) is 0. The molecule has 138 valence electrons. The van der Waals surface area contributed by atoms with Gasteiger partial charge in [-0.05, 0) is 19.4 Å². The molecule has 1 aliphatic heterocycles. The van der Waals surface area contributed by atoms with Gasteiger partial charge in [-0.15, -0.1) is 11.3 Å². The Morgan fingerprint density at radius 1 is 1.19 bits per heavy atom. The fraction of sp³-hybridized carbons (Fsp3) is 0.421. The number of amides is 1. The molecular formula is C19H23N3O3S. The molecule has 3 rings (SSSR count). The molecule has 1 saturated heterocycles. The fourth-order valence-electron chi connectivity index (χ4n) is 3.01. The Balaban J connectivity index is 1.43. The number of aryl methyl sites for hydroxylation is 2. The molecule has 0 unspecified atom stereocenters. The monoisotopic (exact) mass is 373 g/mol. The molecule has 1 aromatic carbocycles. The number of rotatable bonds is 5. The van der Waals surface area contributed by atoms with Gasteiger partial charge in [-0.2, -0.15) is 0 Å². The maximum atomic E-state index is 12.3. The zero-order valence-electron chi connectivity index (χ0n) is 15.1. The first-order chi connectivity index (χ1) is 12.5. The van der Waals surface area contributed by atoms with Crippen LogP contribution in [0, 0.1) is 13.8 Å². The van der Waals surface area contributed by atoms with Gasteiger partial charge in [0.05, 0.1) is 11.2 Å². The Morgan fingerprint density at radius 3 is 2.62 bits per heavy atom. The lowest BCUT2D eigenvalue weighted by molar-refractivity contribution is -0.136. The molecule has 0 saturated carbocycles. The van der Waals surface area contributed by atoms with Gasteiger partial charge in [0.1, 0.15) is 4.88 Å². The van der Waals surface area contributed by atoms with Gasteiger partial charge in [0.2, 0.25) is 0 Å². The lowest BCUT2D eigenvalue weighted by Gasteiger charge is -2.34. The van der Waals surface area contributed by atoms with Crippen molar-refractivity contribution in [2.24, 2.45) is 0 Å². The Morgan fingerprint density at radius 2 is 1.96 bits per heavy atom. The van der Waals surface area contributed by atoms with Crippen molar-refractivity contribution in [3.8, 4) is 0 Å². The standard InChI is InChI=1S/C19H23N3O3S/c1-14-4-3-5-16(10-14)11-21-6-8-22(9-7-21)17(23)12-25-19(24)18-15(2)20-13-26-18/h3-5,10,13H,6-9,11-12H2,1-2H3. The third kappa shape index (κ3) is 4.68. The molecule has 1 amide bonds. The summed E-state index contributed by atoms with van der Waals surface area (Å²) in [6, 6.07) is 8.49. The van der Waals surface area contributed by atoms with E-state index >= 15 is 0 Å². The van der Waals surface area contributed by atoms with E-state index in [1.54, 1.807) is 17.3 Å². The summed E-state index contributed by atoms with van der Waals surface area (Å²) in [6.07, 6.45) is 0. The number of aromatic nitrogens is 1. The number of ether oxygens (including phenoxy) is 1. The van der Waals surface area contributed by atoms with E-state index in [9.17, 15) is 9.59 Å². The van der Waals surface area contributed by atoms with Crippen LogP contribution in [0.2, 0.25) is 0 Å². The van der Waals surface area contributed by atoms with Gasteiger partial charge in [0.15, 0.2) is 6.61 Å². The van der Waals surface area contributed by atoms with Crippen LogP contribution in [-0.4, -0.2) is 59.4 Å². The molecule has 7 heteroatoms. The Hall–Kier alpha value is -2.25. The van der Waals surface area contributed by atoms with Crippen molar-refractivity contribution in [1.82, 2.24) is 14.8 Å². The van der Waals surface area contributed by atoms with Crippen LogP contribution in [0.15, 0.2) is 29.8 Å². The number of carbonyl (C=O) groups excluding carboxylic acids is 2. The molecule has 0 bridgehead atoms. The highest BCUT2D eigenvalue weighted by Crippen LogP contribution is 2.14. The van der Waals surface area contributed by atoms with Gasteiger partial charge in [-0.1, -0.05) is 29.8 Å². The van der Waals surface area contributed by atoms with Gasteiger partial charge < -0.3 is 9.64 Å². The van der Waals surface area contributed by atoms with Crippen molar-refractivity contribution in [2.75, 3.05) is 32.8 Å². The molecule has 1 aliphatic rings. The fourth-order valence-corrected chi connectivity index (χ4v) is 3.70. The van der Waals surface area contributed by atoms with Crippen molar-refractivity contribution in [3.05, 3.63) is 51.5 Å². The summed E-state index contributed by atoms with van der Waals surface area (Å²) < 4.78 is 5.14. The van der Waals surface area contributed by atoms with E-state index in [0.29, 0.717) is 23.7 Å². The van der Waals surface area contributed by atoms with Crippen molar-refractivity contribution < 1.29 is 14.3 Å². The van der Waals surface area contributed by atoms with Crippen LogP contribution >= 0.6 is 11.3 Å². The summed E-state index contributed by atoms with van der Waals surface area (Å²) >= 11 is 1.23. The molecule has 0 radical (unpaired) electrons. The first kappa shape index (κ1) is 18.5.